The van der Waals surface area contributed by atoms with E-state index in [1.165, 1.54) is 23.1 Å². The molecule has 2 aromatic rings. The van der Waals surface area contributed by atoms with Crippen molar-refractivity contribution in [2.75, 3.05) is 23.7 Å². The van der Waals surface area contributed by atoms with E-state index in [9.17, 15) is 18.0 Å². The summed E-state index contributed by atoms with van der Waals surface area (Å²) in [6.07, 6.45) is 2.11. The fourth-order valence-electron chi connectivity index (χ4n) is 3.34. The molecule has 7 nitrogen and oxygen atoms in total. The summed E-state index contributed by atoms with van der Waals surface area (Å²) in [5.74, 6) is -0.811. The van der Waals surface area contributed by atoms with Gasteiger partial charge in [0.2, 0.25) is 21.8 Å². The van der Waals surface area contributed by atoms with Crippen LogP contribution in [0.15, 0.2) is 48.5 Å². The van der Waals surface area contributed by atoms with Crippen LogP contribution in [0.3, 0.4) is 0 Å². The fourth-order valence-corrected chi connectivity index (χ4v) is 4.63. The Balaban J connectivity index is 2.44. The quantitative estimate of drug-likeness (QED) is 0.490. The number of anilines is 1. The Hall–Kier alpha value is -2.29. The number of halogens is 2. The first-order valence-electron chi connectivity index (χ1n) is 10.6. The summed E-state index contributed by atoms with van der Waals surface area (Å²) in [6, 6.07) is 12.9. The summed E-state index contributed by atoms with van der Waals surface area (Å²) < 4.78 is 26.1. The van der Waals surface area contributed by atoms with Crippen LogP contribution >= 0.6 is 23.2 Å². The van der Waals surface area contributed by atoms with E-state index in [-0.39, 0.29) is 28.2 Å². The molecule has 1 N–H and O–H groups in total. The lowest BCUT2D eigenvalue weighted by atomic mass is 10.1. The molecule has 0 fully saturated rings. The zero-order valence-corrected chi connectivity index (χ0v) is 21.3. The molecule has 0 aliphatic carbocycles. The van der Waals surface area contributed by atoms with E-state index < -0.39 is 28.5 Å². The molecule has 0 unspecified atom stereocenters. The van der Waals surface area contributed by atoms with Crippen molar-refractivity contribution in [2.24, 2.45) is 0 Å². The Kier molecular flexibility index (Phi) is 10.0. The fraction of sp³-hybridized carbons (Fsp3) is 0.391. The predicted octanol–water partition coefficient (Wildman–Crippen LogP) is 4.09. The summed E-state index contributed by atoms with van der Waals surface area (Å²) >= 11 is 12.3. The SMILES string of the molecule is CCCNC(=O)[C@@H](CC)N(Cc1ccccc1)C(=O)CN(c1cc(Cl)ccc1Cl)S(C)(=O)=O. The van der Waals surface area contributed by atoms with Crippen LogP contribution in [0, 0.1) is 0 Å². The van der Waals surface area contributed by atoms with E-state index in [1.54, 1.807) is 0 Å². The Morgan fingerprint density at radius 3 is 2.30 bits per heavy atom. The average Bonchev–Trinajstić information content (AvgIpc) is 2.77. The third kappa shape index (κ3) is 7.62. The molecule has 2 aromatic carbocycles. The highest BCUT2D eigenvalue weighted by Crippen LogP contribution is 2.31. The number of carbonyl (C=O) groups excluding carboxylic acids is 2. The molecule has 2 rings (SSSR count). The number of rotatable bonds is 11. The number of benzene rings is 2. The number of hydrogen-bond donors (Lipinski definition) is 1. The molecule has 0 saturated carbocycles. The van der Waals surface area contributed by atoms with Crippen LogP contribution in [-0.2, 0) is 26.2 Å². The van der Waals surface area contributed by atoms with Crippen molar-refractivity contribution in [1.82, 2.24) is 10.2 Å². The second kappa shape index (κ2) is 12.3. The molecule has 0 spiro atoms. The van der Waals surface area contributed by atoms with Gasteiger partial charge in [0.25, 0.3) is 0 Å². The molecular formula is C23H29Cl2N3O4S. The van der Waals surface area contributed by atoms with Crippen molar-refractivity contribution < 1.29 is 18.0 Å². The second-order valence-corrected chi connectivity index (χ2v) is 10.3. The van der Waals surface area contributed by atoms with E-state index in [0.717, 1.165) is 22.5 Å². The zero-order chi connectivity index (χ0) is 24.6. The first-order valence-corrected chi connectivity index (χ1v) is 13.2. The summed E-state index contributed by atoms with van der Waals surface area (Å²) in [5, 5.41) is 3.25. The van der Waals surface area contributed by atoms with Gasteiger partial charge in [-0.2, -0.15) is 0 Å². The minimum absolute atomic E-state index is 0.100. The monoisotopic (exact) mass is 513 g/mol. The van der Waals surface area contributed by atoms with Gasteiger partial charge in [0.1, 0.15) is 12.6 Å². The molecule has 0 heterocycles. The number of nitrogens with zero attached hydrogens (tertiary/aromatic N) is 2. The van der Waals surface area contributed by atoms with E-state index in [1.807, 2.05) is 44.2 Å². The largest absolute Gasteiger partial charge is 0.354 e. The van der Waals surface area contributed by atoms with Crippen molar-refractivity contribution in [3.63, 3.8) is 0 Å². The Morgan fingerprint density at radius 1 is 1.06 bits per heavy atom. The smallest absolute Gasteiger partial charge is 0.244 e. The normalized spacial score (nSPS) is 12.2. The first kappa shape index (κ1) is 27.0. The van der Waals surface area contributed by atoms with Crippen LogP contribution in [0.25, 0.3) is 0 Å². The van der Waals surface area contributed by atoms with Gasteiger partial charge in [0, 0.05) is 18.1 Å². The minimum Gasteiger partial charge on any atom is -0.354 e. The van der Waals surface area contributed by atoms with Gasteiger partial charge in [-0.05, 0) is 36.6 Å². The number of sulfonamides is 1. The van der Waals surface area contributed by atoms with Gasteiger partial charge in [0.05, 0.1) is 17.0 Å². The highest BCUT2D eigenvalue weighted by atomic mass is 35.5. The molecule has 0 saturated heterocycles. The summed E-state index contributed by atoms with van der Waals surface area (Å²) in [6.45, 7) is 3.86. The van der Waals surface area contributed by atoms with Crippen molar-refractivity contribution in [3.05, 3.63) is 64.1 Å². The van der Waals surface area contributed by atoms with Gasteiger partial charge in [-0.25, -0.2) is 8.42 Å². The van der Waals surface area contributed by atoms with Gasteiger partial charge in [-0.15, -0.1) is 0 Å². The maximum absolute atomic E-state index is 13.5. The van der Waals surface area contributed by atoms with Crippen molar-refractivity contribution in [3.8, 4) is 0 Å². The molecule has 180 valence electrons. The molecular weight excluding hydrogens is 485 g/mol. The van der Waals surface area contributed by atoms with E-state index in [2.05, 4.69) is 5.32 Å². The van der Waals surface area contributed by atoms with Crippen molar-refractivity contribution in [2.45, 2.75) is 39.3 Å². The minimum atomic E-state index is -3.88. The topological polar surface area (TPSA) is 86.8 Å². The van der Waals surface area contributed by atoms with Crippen LogP contribution in [0.4, 0.5) is 5.69 Å². The molecule has 2 amide bonds. The number of amides is 2. The number of nitrogens with one attached hydrogen (secondary N) is 1. The Morgan fingerprint density at radius 2 is 1.73 bits per heavy atom. The predicted molar refractivity (Wildman–Crippen MR) is 133 cm³/mol. The highest BCUT2D eigenvalue weighted by molar-refractivity contribution is 7.92. The van der Waals surface area contributed by atoms with Crippen LogP contribution < -0.4 is 9.62 Å². The van der Waals surface area contributed by atoms with Gasteiger partial charge in [-0.1, -0.05) is 67.4 Å². The lowest BCUT2D eigenvalue weighted by molar-refractivity contribution is -0.140. The molecule has 0 bridgehead atoms. The third-order valence-electron chi connectivity index (χ3n) is 4.99. The lowest BCUT2D eigenvalue weighted by Gasteiger charge is -2.33. The maximum Gasteiger partial charge on any atom is 0.244 e. The van der Waals surface area contributed by atoms with E-state index in [4.69, 9.17) is 23.2 Å². The zero-order valence-electron chi connectivity index (χ0n) is 18.9. The van der Waals surface area contributed by atoms with Crippen LogP contribution in [0.1, 0.15) is 32.3 Å². The summed E-state index contributed by atoms with van der Waals surface area (Å²) in [5.41, 5.74) is 0.919. The number of carbonyl (C=O) groups is 2. The Labute approximate surface area is 205 Å². The molecule has 1 atom stereocenters. The molecule has 0 aliphatic heterocycles. The molecule has 10 heteroatoms. The van der Waals surface area contributed by atoms with Gasteiger partial charge < -0.3 is 10.2 Å². The van der Waals surface area contributed by atoms with Crippen LogP contribution in [0.2, 0.25) is 10.0 Å². The standard InChI is InChI=1S/C23H29Cl2N3O4S/c1-4-13-26-23(30)20(5-2)27(15-17-9-7-6-8-10-17)22(29)16-28(33(3,31)32)21-14-18(24)11-12-19(21)25/h6-12,14,20H,4-5,13,15-16H2,1-3H3,(H,26,30)/t20-/m1/s1. The molecule has 33 heavy (non-hydrogen) atoms. The molecule has 0 aromatic heterocycles. The van der Waals surface area contributed by atoms with Crippen molar-refractivity contribution in [1.29, 1.82) is 0 Å². The lowest BCUT2D eigenvalue weighted by Crippen LogP contribution is -2.52. The van der Waals surface area contributed by atoms with Crippen LogP contribution in [0.5, 0.6) is 0 Å². The maximum atomic E-state index is 13.5. The van der Waals surface area contributed by atoms with Gasteiger partial charge >= 0.3 is 0 Å². The van der Waals surface area contributed by atoms with Crippen molar-refractivity contribution >= 4 is 50.7 Å². The summed E-state index contributed by atoms with van der Waals surface area (Å²) in [7, 11) is -3.88. The second-order valence-electron chi connectivity index (χ2n) is 7.59. The van der Waals surface area contributed by atoms with E-state index >= 15 is 0 Å². The van der Waals surface area contributed by atoms with Crippen LogP contribution in [-0.4, -0.2) is 50.5 Å². The van der Waals surface area contributed by atoms with Gasteiger partial charge in [0.15, 0.2) is 0 Å². The third-order valence-corrected chi connectivity index (χ3v) is 6.67. The highest BCUT2D eigenvalue weighted by Gasteiger charge is 2.32. The van der Waals surface area contributed by atoms with E-state index in [0.29, 0.717) is 13.0 Å². The first-order chi connectivity index (χ1) is 15.6. The Bertz CT molecular complexity index is 1060. The molecule has 0 radical (unpaired) electrons. The van der Waals surface area contributed by atoms with Gasteiger partial charge in [-0.3, -0.25) is 13.9 Å². The molecule has 0 aliphatic rings. The average molecular weight is 514 g/mol. The summed E-state index contributed by atoms with van der Waals surface area (Å²) in [4.78, 5) is 27.8. The number of hydrogen-bond acceptors (Lipinski definition) is 4.